The molecule has 1 aliphatic rings. The molecule has 2 amide bonds. The van der Waals surface area contributed by atoms with Crippen molar-refractivity contribution in [2.45, 2.75) is 12.8 Å². The van der Waals surface area contributed by atoms with E-state index in [4.69, 9.17) is 23.2 Å². The third-order valence-corrected chi connectivity index (χ3v) is 5.67. The van der Waals surface area contributed by atoms with Crippen molar-refractivity contribution in [1.82, 2.24) is 9.88 Å². The van der Waals surface area contributed by atoms with Crippen LogP contribution in [0.15, 0.2) is 42.5 Å². The van der Waals surface area contributed by atoms with E-state index in [-0.39, 0.29) is 11.7 Å². The second kappa shape index (κ2) is 7.97. The van der Waals surface area contributed by atoms with Gasteiger partial charge in [0.1, 0.15) is 5.69 Å². The maximum absolute atomic E-state index is 12.7. The molecule has 0 spiro atoms. The molecule has 0 saturated carbocycles. The lowest BCUT2D eigenvalue weighted by atomic mass is 10.0. The molecular formula is C21H19Cl2N3O3. The topological polar surface area (TPSA) is 76.6 Å². The summed E-state index contributed by atoms with van der Waals surface area (Å²) in [5.74, 6) is -1.05. The first-order chi connectivity index (χ1) is 14.0. The number of aromatic carboxylic acids is 1. The molecule has 1 aromatic heterocycles. The first-order valence-electron chi connectivity index (χ1n) is 9.30. The molecule has 0 bridgehead atoms. The second-order valence-corrected chi connectivity index (χ2v) is 7.80. The third kappa shape index (κ3) is 3.78. The molecule has 29 heavy (non-hydrogen) atoms. The van der Waals surface area contributed by atoms with Crippen LogP contribution in [0.25, 0.3) is 10.9 Å². The fourth-order valence-electron chi connectivity index (χ4n) is 3.83. The number of urea groups is 1. The third-order valence-electron chi connectivity index (χ3n) is 5.15. The molecule has 0 radical (unpaired) electrons. The molecule has 1 fully saturated rings. The van der Waals surface area contributed by atoms with Crippen LogP contribution < -0.4 is 4.90 Å². The predicted molar refractivity (Wildman–Crippen MR) is 114 cm³/mol. The van der Waals surface area contributed by atoms with E-state index in [9.17, 15) is 14.7 Å². The highest BCUT2D eigenvalue weighted by molar-refractivity contribution is 6.39. The van der Waals surface area contributed by atoms with Crippen molar-refractivity contribution in [1.29, 1.82) is 0 Å². The minimum absolute atomic E-state index is 0.0293. The number of aromatic nitrogens is 1. The predicted octanol–water partition coefficient (Wildman–Crippen LogP) is 5.05. The summed E-state index contributed by atoms with van der Waals surface area (Å²) < 4.78 is 0. The Kier molecular flexibility index (Phi) is 5.39. The van der Waals surface area contributed by atoms with E-state index in [2.05, 4.69) is 4.98 Å². The molecule has 6 nitrogen and oxygen atoms in total. The smallest absolute Gasteiger partial charge is 0.352 e. The highest BCUT2D eigenvalue weighted by Crippen LogP contribution is 2.33. The summed E-state index contributed by atoms with van der Waals surface area (Å²) in [6.45, 7) is 1.82. The number of carboxylic acids is 1. The zero-order valence-corrected chi connectivity index (χ0v) is 17.0. The van der Waals surface area contributed by atoms with Gasteiger partial charge in [0, 0.05) is 41.2 Å². The fraction of sp³-hybridized carbons (Fsp3) is 0.238. The number of nitrogens with zero attached hydrogens (tertiary/aromatic N) is 2. The van der Waals surface area contributed by atoms with Crippen molar-refractivity contribution in [3.05, 3.63) is 63.8 Å². The highest BCUT2D eigenvalue weighted by Gasteiger charge is 2.29. The van der Waals surface area contributed by atoms with Crippen molar-refractivity contribution in [3.63, 3.8) is 0 Å². The number of nitrogens with one attached hydrogen (secondary N) is 1. The van der Waals surface area contributed by atoms with Crippen molar-refractivity contribution < 1.29 is 14.7 Å². The van der Waals surface area contributed by atoms with Gasteiger partial charge in [0.2, 0.25) is 0 Å². The van der Waals surface area contributed by atoms with Gasteiger partial charge in [0.05, 0.1) is 5.02 Å². The van der Waals surface area contributed by atoms with Crippen LogP contribution in [-0.4, -0.2) is 46.6 Å². The molecule has 0 atom stereocenters. The normalized spacial score (nSPS) is 14.2. The lowest BCUT2D eigenvalue weighted by Gasteiger charge is -2.18. The van der Waals surface area contributed by atoms with Crippen LogP contribution in [0, 0.1) is 0 Å². The molecule has 0 aliphatic carbocycles. The number of benzene rings is 2. The van der Waals surface area contributed by atoms with E-state index in [1.807, 2.05) is 30.3 Å². The van der Waals surface area contributed by atoms with Gasteiger partial charge in [-0.25, -0.2) is 9.59 Å². The van der Waals surface area contributed by atoms with Crippen LogP contribution in [0.4, 0.5) is 10.5 Å². The first kappa shape index (κ1) is 19.6. The number of hydrogen-bond acceptors (Lipinski definition) is 2. The maximum Gasteiger partial charge on any atom is 0.352 e. The summed E-state index contributed by atoms with van der Waals surface area (Å²) in [6.07, 6.45) is 1.11. The molecule has 2 aromatic carbocycles. The van der Waals surface area contributed by atoms with Crippen LogP contribution in [0.5, 0.6) is 0 Å². The second-order valence-electron chi connectivity index (χ2n) is 6.95. The summed E-state index contributed by atoms with van der Waals surface area (Å²) in [5.41, 5.74) is 2.24. The Balaban J connectivity index is 1.49. The van der Waals surface area contributed by atoms with Crippen LogP contribution in [-0.2, 0) is 6.42 Å². The van der Waals surface area contributed by atoms with Gasteiger partial charge in [0.25, 0.3) is 0 Å². The number of carbonyl (C=O) groups is 2. The number of fused-ring (bicyclic) bond motifs is 1. The summed E-state index contributed by atoms with van der Waals surface area (Å²) in [5, 5.41) is 11.1. The van der Waals surface area contributed by atoms with Crippen LogP contribution in [0.3, 0.4) is 0 Å². The van der Waals surface area contributed by atoms with Gasteiger partial charge in [-0.3, -0.25) is 4.90 Å². The highest BCUT2D eigenvalue weighted by atomic mass is 35.5. The fourth-order valence-corrected chi connectivity index (χ4v) is 4.44. The van der Waals surface area contributed by atoms with E-state index >= 15 is 0 Å². The average Bonchev–Trinajstić information content (AvgIpc) is 3.24. The number of rotatable bonds is 6. The minimum atomic E-state index is -1.05. The molecule has 2 heterocycles. The molecule has 8 heteroatoms. The first-order valence-corrected chi connectivity index (χ1v) is 10.1. The summed E-state index contributed by atoms with van der Waals surface area (Å²) in [6, 6.07) is 12.8. The summed E-state index contributed by atoms with van der Waals surface area (Å²) in [7, 11) is 0. The number of anilines is 1. The van der Waals surface area contributed by atoms with Crippen LogP contribution in [0.2, 0.25) is 10.0 Å². The molecule has 1 aliphatic heterocycles. The minimum Gasteiger partial charge on any atom is -0.477 e. The molecule has 1 saturated heterocycles. The average molecular weight is 432 g/mol. The Morgan fingerprint density at radius 3 is 2.62 bits per heavy atom. The number of carboxylic acid groups (broad SMARTS) is 1. The Bertz CT molecular complexity index is 1080. The van der Waals surface area contributed by atoms with Gasteiger partial charge in [0.15, 0.2) is 0 Å². The maximum atomic E-state index is 12.7. The van der Waals surface area contributed by atoms with E-state index in [0.717, 1.165) is 5.69 Å². The van der Waals surface area contributed by atoms with Crippen molar-refractivity contribution in [2.24, 2.45) is 0 Å². The van der Waals surface area contributed by atoms with Gasteiger partial charge >= 0.3 is 12.0 Å². The molecule has 3 aromatic rings. The van der Waals surface area contributed by atoms with Crippen molar-refractivity contribution in [3.8, 4) is 0 Å². The Hall–Kier alpha value is -2.70. The van der Waals surface area contributed by atoms with Crippen LogP contribution in [0.1, 0.15) is 22.5 Å². The largest absolute Gasteiger partial charge is 0.477 e. The zero-order valence-electron chi connectivity index (χ0n) is 15.5. The number of para-hydroxylation sites is 1. The number of aromatic amines is 1. The molecule has 0 unspecified atom stereocenters. The standard InChI is InChI=1S/C21H19Cl2N3O3/c22-13-11-16(23)18-15(19(20(27)28)24-17(18)12-13)7-4-8-25-9-10-26(21(25)29)14-5-2-1-3-6-14/h1-3,5-6,11-12,24H,4,7-10H2,(H,27,28). The number of hydrogen-bond donors (Lipinski definition) is 2. The lowest BCUT2D eigenvalue weighted by Crippen LogP contribution is -2.32. The van der Waals surface area contributed by atoms with E-state index < -0.39 is 5.97 Å². The molecule has 4 rings (SSSR count). The summed E-state index contributed by atoms with van der Waals surface area (Å²) in [4.78, 5) is 30.8. The Labute approximate surface area is 177 Å². The quantitative estimate of drug-likeness (QED) is 0.573. The Morgan fingerprint density at radius 2 is 1.90 bits per heavy atom. The number of amides is 2. The van der Waals surface area contributed by atoms with E-state index in [1.165, 1.54) is 0 Å². The van der Waals surface area contributed by atoms with Gasteiger partial charge in [-0.2, -0.15) is 0 Å². The molecular weight excluding hydrogens is 413 g/mol. The molecule has 150 valence electrons. The monoisotopic (exact) mass is 431 g/mol. The van der Waals surface area contributed by atoms with E-state index in [1.54, 1.807) is 21.9 Å². The van der Waals surface area contributed by atoms with Crippen molar-refractivity contribution >= 4 is 51.8 Å². The van der Waals surface area contributed by atoms with Gasteiger partial charge < -0.3 is 15.0 Å². The molecule has 2 N–H and O–H groups in total. The van der Waals surface area contributed by atoms with Crippen LogP contribution >= 0.6 is 23.2 Å². The SMILES string of the molecule is O=C(O)c1[nH]c2cc(Cl)cc(Cl)c2c1CCCN1CCN(c2ccccc2)C1=O. The lowest BCUT2D eigenvalue weighted by molar-refractivity contribution is 0.0690. The Morgan fingerprint density at radius 1 is 1.14 bits per heavy atom. The van der Waals surface area contributed by atoms with Crippen molar-refractivity contribution in [2.75, 3.05) is 24.5 Å². The number of aryl methyl sites for hydroxylation is 1. The van der Waals surface area contributed by atoms with E-state index in [0.29, 0.717) is 59.0 Å². The van der Waals surface area contributed by atoms with Gasteiger partial charge in [-0.15, -0.1) is 0 Å². The zero-order chi connectivity index (χ0) is 20.5. The van der Waals surface area contributed by atoms with Gasteiger partial charge in [-0.1, -0.05) is 41.4 Å². The number of carbonyl (C=O) groups excluding carboxylic acids is 1. The van der Waals surface area contributed by atoms with Gasteiger partial charge in [-0.05, 0) is 42.7 Å². The summed E-state index contributed by atoms with van der Waals surface area (Å²) >= 11 is 12.4. The number of H-pyrrole nitrogens is 1. The number of halogens is 2.